The van der Waals surface area contributed by atoms with Crippen molar-refractivity contribution in [2.45, 2.75) is 25.9 Å². The molecule has 1 fully saturated rings. The topological polar surface area (TPSA) is 89.6 Å². The summed E-state index contributed by atoms with van der Waals surface area (Å²) >= 11 is 0. The number of benzene rings is 1. The highest BCUT2D eigenvalue weighted by molar-refractivity contribution is 6.00. The van der Waals surface area contributed by atoms with Crippen molar-refractivity contribution in [1.82, 2.24) is 15.5 Å². The van der Waals surface area contributed by atoms with E-state index in [9.17, 15) is 22.4 Å². The molecular formula is C17H16F4N4O3. The van der Waals surface area contributed by atoms with Crippen molar-refractivity contribution < 1.29 is 31.7 Å². The van der Waals surface area contributed by atoms with Crippen LogP contribution >= 0.6 is 0 Å². The zero-order valence-corrected chi connectivity index (χ0v) is 14.7. The number of alkyl halides is 3. The van der Waals surface area contributed by atoms with Crippen LogP contribution in [0.3, 0.4) is 0 Å². The fraction of sp³-hybridized carbons (Fsp3) is 0.412. The molecule has 1 aromatic heterocycles. The third-order valence-electron chi connectivity index (χ3n) is 4.00. The lowest BCUT2D eigenvalue weighted by Crippen LogP contribution is -2.25. The average Bonchev–Trinajstić information content (AvgIpc) is 3.18. The Balaban J connectivity index is 1.58. The van der Waals surface area contributed by atoms with Crippen LogP contribution in [0.1, 0.15) is 36.0 Å². The molecule has 1 aromatic carbocycles. The molecule has 1 heterocycles. The predicted octanol–water partition coefficient (Wildman–Crippen LogP) is 3.43. The Morgan fingerprint density at radius 2 is 2.21 bits per heavy atom. The minimum Gasteiger partial charge on any atom is -0.396 e. The van der Waals surface area contributed by atoms with Gasteiger partial charge in [0.05, 0.1) is 11.3 Å². The van der Waals surface area contributed by atoms with Crippen molar-refractivity contribution in [2.75, 3.05) is 13.2 Å². The first-order valence-electron chi connectivity index (χ1n) is 8.47. The number of halogens is 4. The number of hydrogen-bond acceptors (Lipinski definition) is 6. The second kappa shape index (κ2) is 7.95. The molecule has 1 aliphatic rings. The third kappa shape index (κ3) is 4.65. The number of carbonyl (C=O) groups excluding carboxylic acids is 1. The van der Waals surface area contributed by atoms with Crippen LogP contribution in [-0.4, -0.2) is 34.9 Å². The first kappa shape index (κ1) is 19.8. The summed E-state index contributed by atoms with van der Waals surface area (Å²) in [4.78, 5) is 20.2. The SMILES string of the molecule is CCO/N=C1\CC1CCNC(=O)c1ccc(-c2noc(C(F)(F)F)n2)c(F)c1. The van der Waals surface area contributed by atoms with Crippen LogP contribution in [0.5, 0.6) is 0 Å². The van der Waals surface area contributed by atoms with E-state index in [0.717, 1.165) is 24.3 Å². The maximum absolute atomic E-state index is 14.2. The summed E-state index contributed by atoms with van der Waals surface area (Å²) in [5.41, 5.74) is 0.676. The number of nitrogens with one attached hydrogen (secondary N) is 1. The summed E-state index contributed by atoms with van der Waals surface area (Å²) in [6.45, 7) is 2.70. The quantitative estimate of drug-likeness (QED) is 0.568. The van der Waals surface area contributed by atoms with Gasteiger partial charge in [-0.2, -0.15) is 18.2 Å². The number of rotatable bonds is 7. The molecule has 3 rings (SSSR count). The first-order chi connectivity index (χ1) is 13.3. The maximum Gasteiger partial charge on any atom is 0.471 e. The van der Waals surface area contributed by atoms with Crippen LogP contribution in [0.25, 0.3) is 11.4 Å². The van der Waals surface area contributed by atoms with Crippen LogP contribution in [0.15, 0.2) is 27.9 Å². The molecule has 7 nitrogen and oxygen atoms in total. The van der Waals surface area contributed by atoms with Gasteiger partial charge in [-0.25, -0.2) is 4.39 Å². The molecule has 1 unspecified atom stereocenters. The highest BCUT2D eigenvalue weighted by Crippen LogP contribution is 2.31. The summed E-state index contributed by atoms with van der Waals surface area (Å²) < 4.78 is 55.8. The third-order valence-corrected chi connectivity index (χ3v) is 4.00. The molecule has 150 valence electrons. The Bertz CT molecular complexity index is 895. The lowest BCUT2D eigenvalue weighted by molar-refractivity contribution is -0.159. The Kier molecular flexibility index (Phi) is 5.61. The molecule has 1 aliphatic carbocycles. The molecule has 0 bridgehead atoms. The Hall–Kier alpha value is -2.98. The second-order valence-electron chi connectivity index (χ2n) is 6.06. The van der Waals surface area contributed by atoms with Crippen LogP contribution < -0.4 is 5.32 Å². The van der Waals surface area contributed by atoms with Crippen molar-refractivity contribution in [3.63, 3.8) is 0 Å². The molecule has 1 atom stereocenters. The van der Waals surface area contributed by atoms with E-state index in [0.29, 0.717) is 19.6 Å². The van der Waals surface area contributed by atoms with Gasteiger partial charge in [-0.05, 0) is 38.0 Å². The van der Waals surface area contributed by atoms with Crippen molar-refractivity contribution in [3.8, 4) is 11.4 Å². The van der Waals surface area contributed by atoms with E-state index in [1.165, 1.54) is 6.07 Å². The van der Waals surface area contributed by atoms with Gasteiger partial charge >= 0.3 is 12.1 Å². The summed E-state index contributed by atoms with van der Waals surface area (Å²) in [7, 11) is 0. The largest absolute Gasteiger partial charge is 0.471 e. The minimum atomic E-state index is -4.82. The smallest absolute Gasteiger partial charge is 0.396 e. The van der Waals surface area contributed by atoms with Gasteiger partial charge in [-0.1, -0.05) is 10.3 Å². The van der Waals surface area contributed by atoms with E-state index < -0.39 is 29.6 Å². The van der Waals surface area contributed by atoms with E-state index in [1.807, 2.05) is 6.92 Å². The molecule has 11 heteroatoms. The highest BCUT2D eigenvalue weighted by Gasteiger charge is 2.38. The Morgan fingerprint density at radius 1 is 1.43 bits per heavy atom. The van der Waals surface area contributed by atoms with Crippen LogP contribution in [0.4, 0.5) is 17.6 Å². The van der Waals surface area contributed by atoms with Crippen molar-refractivity contribution in [1.29, 1.82) is 0 Å². The van der Waals surface area contributed by atoms with E-state index >= 15 is 0 Å². The molecule has 28 heavy (non-hydrogen) atoms. The van der Waals surface area contributed by atoms with Gasteiger partial charge in [-0.15, -0.1) is 0 Å². The van der Waals surface area contributed by atoms with Gasteiger partial charge in [0.1, 0.15) is 12.4 Å². The minimum absolute atomic E-state index is 0.0276. The van der Waals surface area contributed by atoms with Gasteiger partial charge < -0.3 is 14.7 Å². The average molecular weight is 400 g/mol. The van der Waals surface area contributed by atoms with E-state index in [-0.39, 0.29) is 17.0 Å². The molecule has 0 saturated heterocycles. The van der Waals surface area contributed by atoms with Crippen LogP contribution in [-0.2, 0) is 11.0 Å². The number of oxime groups is 1. The number of aromatic nitrogens is 2. The molecule has 1 saturated carbocycles. The van der Waals surface area contributed by atoms with Crippen LogP contribution in [0.2, 0.25) is 0 Å². The molecule has 2 aromatic rings. The normalized spacial score (nSPS) is 17.6. The summed E-state index contributed by atoms with van der Waals surface area (Å²) in [5, 5.41) is 9.70. The van der Waals surface area contributed by atoms with E-state index in [4.69, 9.17) is 4.84 Å². The van der Waals surface area contributed by atoms with E-state index in [2.05, 4.69) is 25.1 Å². The monoisotopic (exact) mass is 400 g/mol. The van der Waals surface area contributed by atoms with Gasteiger partial charge in [-0.3, -0.25) is 4.79 Å². The molecule has 0 aliphatic heterocycles. The van der Waals surface area contributed by atoms with Gasteiger partial charge in [0.2, 0.25) is 5.82 Å². The summed E-state index contributed by atoms with van der Waals surface area (Å²) in [6, 6.07) is 3.31. The predicted molar refractivity (Wildman–Crippen MR) is 88.8 cm³/mol. The standard InChI is InChI=1S/C17H16F4N4O3/c1-2-27-24-13-8-9(13)5-6-22-15(26)10-3-4-11(12(18)7-10)14-23-16(28-25-14)17(19,20)21/h3-4,7,9H,2,5-6,8H2,1H3,(H,22,26)/b24-13+. The summed E-state index contributed by atoms with van der Waals surface area (Å²) in [6.07, 6.45) is -3.32. The summed E-state index contributed by atoms with van der Waals surface area (Å²) in [5.74, 6) is -3.29. The van der Waals surface area contributed by atoms with Crippen molar-refractivity contribution in [3.05, 3.63) is 35.5 Å². The number of nitrogens with zero attached hydrogens (tertiary/aromatic N) is 3. The Labute approximate surface area is 156 Å². The maximum atomic E-state index is 14.2. The number of carbonyl (C=O) groups is 1. The first-order valence-corrected chi connectivity index (χ1v) is 8.47. The molecule has 0 spiro atoms. The zero-order valence-electron chi connectivity index (χ0n) is 14.7. The number of hydrogen-bond donors (Lipinski definition) is 1. The van der Waals surface area contributed by atoms with Crippen LogP contribution in [0, 0.1) is 11.7 Å². The van der Waals surface area contributed by atoms with E-state index in [1.54, 1.807) is 0 Å². The zero-order chi connectivity index (χ0) is 20.3. The number of amides is 1. The lowest BCUT2D eigenvalue weighted by atomic mass is 10.1. The van der Waals surface area contributed by atoms with Crippen molar-refractivity contribution >= 4 is 11.6 Å². The molecular weight excluding hydrogens is 384 g/mol. The lowest BCUT2D eigenvalue weighted by Gasteiger charge is -2.06. The highest BCUT2D eigenvalue weighted by atomic mass is 19.4. The molecule has 1 amide bonds. The fourth-order valence-corrected chi connectivity index (χ4v) is 2.47. The van der Waals surface area contributed by atoms with Crippen molar-refractivity contribution in [2.24, 2.45) is 11.1 Å². The fourth-order valence-electron chi connectivity index (χ4n) is 2.47. The van der Waals surface area contributed by atoms with Gasteiger partial charge in [0.15, 0.2) is 0 Å². The molecule has 0 radical (unpaired) electrons. The second-order valence-corrected chi connectivity index (χ2v) is 6.06. The molecule has 1 N–H and O–H groups in total. The van der Waals surface area contributed by atoms with Gasteiger partial charge in [0, 0.05) is 18.0 Å². The van der Waals surface area contributed by atoms with Gasteiger partial charge in [0.25, 0.3) is 5.91 Å². The Morgan fingerprint density at radius 3 is 2.86 bits per heavy atom.